The Morgan fingerprint density at radius 1 is 0.346 bits per heavy atom. The number of fused-ring (bicyclic) bond motifs is 10. The first-order valence-electron chi connectivity index (χ1n) is 17.8. The summed E-state index contributed by atoms with van der Waals surface area (Å²) in [5, 5.41) is 14.4. The van der Waals surface area contributed by atoms with Crippen LogP contribution in [0.5, 0.6) is 0 Å². The highest BCUT2D eigenvalue weighted by molar-refractivity contribution is 6.29. The van der Waals surface area contributed by atoms with Gasteiger partial charge < -0.3 is 0 Å². The van der Waals surface area contributed by atoms with E-state index in [4.69, 9.17) is 9.97 Å². The van der Waals surface area contributed by atoms with Crippen molar-refractivity contribution in [3.63, 3.8) is 0 Å². The first-order valence-corrected chi connectivity index (χ1v) is 17.8. The Morgan fingerprint density at radius 3 is 1.75 bits per heavy atom. The lowest BCUT2D eigenvalue weighted by Gasteiger charge is -2.19. The van der Waals surface area contributed by atoms with Crippen molar-refractivity contribution >= 4 is 75.7 Å². The van der Waals surface area contributed by atoms with Gasteiger partial charge in [0, 0.05) is 38.7 Å². The van der Waals surface area contributed by atoms with Crippen LogP contribution in [0, 0.1) is 0 Å². The van der Waals surface area contributed by atoms with Gasteiger partial charge in [0.05, 0.1) is 16.7 Å². The molecule has 0 saturated heterocycles. The van der Waals surface area contributed by atoms with E-state index in [1.807, 2.05) is 12.3 Å². The summed E-state index contributed by atoms with van der Waals surface area (Å²) in [5.41, 5.74) is 8.97. The fraction of sp³-hybridized carbons (Fsp3) is 0. The third kappa shape index (κ3) is 4.25. The monoisotopic (exact) mass is 658 g/mol. The Hall–Kier alpha value is -6.90. The van der Waals surface area contributed by atoms with Gasteiger partial charge in [0.2, 0.25) is 0 Å². The predicted molar refractivity (Wildman–Crippen MR) is 221 cm³/mol. The molecular formula is C50H30N2. The molecule has 9 aromatic carbocycles. The van der Waals surface area contributed by atoms with Gasteiger partial charge in [-0.3, -0.25) is 4.98 Å². The van der Waals surface area contributed by atoms with Crippen molar-refractivity contribution in [1.29, 1.82) is 0 Å². The van der Waals surface area contributed by atoms with Crippen molar-refractivity contribution in [3.8, 4) is 33.5 Å². The predicted octanol–water partition coefficient (Wildman–Crippen LogP) is 13.5. The van der Waals surface area contributed by atoms with Gasteiger partial charge in [-0.05, 0) is 72.1 Å². The van der Waals surface area contributed by atoms with Crippen LogP contribution in [-0.2, 0) is 0 Å². The van der Waals surface area contributed by atoms with Gasteiger partial charge in [-0.2, -0.15) is 0 Å². The molecule has 0 amide bonds. The number of pyridine rings is 2. The molecule has 0 atom stereocenters. The van der Waals surface area contributed by atoms with Crippen molar-refractivity contribution < 1.29 is 0 Å². The average Bonchev–Trinajstić information content (AvgIpc) is 3.22. The molecule has 11 aromatic rings. The van der Waals surface area contributed by atoms with Crippen LogP contribution in [0.3, 0.4) is 0 Å². The highest BCUT2D eigenvalue weighted by Crippen LogP contribution is 2.46. The van der Waals surface area contributed by atoms with E-state index in [1.54, 1.807) is 0 Å². The van der Waals surface area contributed by atoms with E-state index in [2.05, 4.69) is 170 Å². The number of rotatable bonds is 3. The highest BCUT2D eigenvalue weighted by Gasteiger charge is 2.20. The van der Waals surface area contributed by atoms with E-state index >= 15 is 0 Å². The summed E-state index contributed by atoms with van der Waals surface area (Å²) in [5.74, 6) is 0. The third-order valence-corrected chi connectivity index (χ3v) is 10.8. The van der Waals surface area contributed by atoms with E-state index in [0.717, 1.165) is 44.0 Å². The van der Waals surface area contributed by atoms with Crippen LogP contribution in [0.15, 0.2) is 182 Å². The zero-order valence-electron chi connectivity index (χ0n) is 28.2. The second-order valence-electron chi connectivity index (χ2n) is 13.7. The maximum atomic E-state index is 5.49. The molecule has 0 unspecified atom stereocenters. The van der Waals surface area contributed by atoms with Crippen LogP contribution in [0.2, 0.25) is 0 Å². The summed E-state index contributed by atoms with van der Waals surface area (Å²) in [6, 6.07) is 63.7. The minimum Gasteiger partial charge on any atom is -0.256 e. The molecule has 2 heteroatoms. The number of nitrogens with zero attached hydrogens (tertiary/aromatic N) is 2. The molecule has 52 heavy (non-hydrogen) atoms. The van der Waals surface area contributed by atoms with Crippen LogP contribution in [0.25, 0.3) is 109 Å². The minimum atomic E-state index is 0.968. The van der Waals surface area contributed by atoms with Crippen LogP contribution in [0.4, 0.5) is 0 Å². The molecule has 0 aliphatic carbocycles. The van der Waals surface area contributed by atoms with Crippen LogP contribution in [-0.4, -0.2) is 9.97 Å². The normalized spacial score (nSPS) is 11.8. The highest BCUT2D eigenvalue weighted by atomic mass is 14.7. The van der Waals surface area contributed by atoms with E-state index in [9.17, 15) is 0 Å². The first-order chi connectivity index (χ1) is 25.8. The van der Waals surface area contributed by atoms with Crippen molar-refractivity contribution in [2.45, 2.75) is 0 Å². The van der Waals surface area contributed by atoms with E-state index in [-0.39, 0.29) is 0 Å². The van der Waals surface area contributed by atoms with Crippen molar-refractivity contribution in [1.82, 2.24) is 9.97 Å². The largest absolute Gasteiger partial charge is 0.256 e. The summed E-state index contributed by atoms with van der Waals surface area (Å²) in [6.07, 6.45) is 1.90. The molecule has 0 bridgehead atoms. The lowest BCUT2D eigenvalue weighted by atomic mass is 9.84. The number of hydrogen-bond acceptors (Lipinski definition) is 2. The number of hydrogen-bond donors (Lipinski definition) is 0. The molecule has 0 saturated carbocycles. The lowest BCUT2D eigenvalue weighted by Crippen LogP contribution is -1.94. The molecular weight excluding hydrogens is 629 g/mol. The molecule has 11 rings (SSSR count). The smallest absolute Gasteiger partial charge is 0.0788 e. The molecule has 0 N–H and O–H groups in total. The Bertz CT molecular complexity index is 3170. The first kappa shape index (κ1) is 28.9. The summed E-state index contributed by atoms with van der Waals surface area (Å²) >= 11 is 0. The molecule has 2 aromatic heterocycles. The van der Waals surface area contributed by atoms with Gasteiger partial charge >= 0.3 is 0 Å². The number of aromatic nitrogens is 2. The summed E-state index contributed by atoms with van der Waals surface area (Å²) < 4.78 is 0. The minimum absolute atomic E-state index is 0.968. The van der Waals surface area contributed by atoms with Crippen LogP contribution in [0.1, 0.15) is 0 Å². The molecule has 0 radical (unpaired) electrons. The third-order valence-electron chi connectivity index (χ3n) is 10.8. The van der Waals surface area contributed by atoms with Crippen molar-refractivity contribution in [2.75, 3.05) is 0 Å². The van der Waals surface area contributed by atoms with E-state index in [1.165, 1.54) is 65.2 Å². The lowest BCUT2D eigenvalue weighted by molar-refractivity contribution is 1.42. The Labute approximate surface area is 300 Å². The topological polar surface area (TPSA) is 25.8 Å². The van der Waals surface area contributed by atoms with Gasteiger partial charge in [0.1, 0.15) is 0 Å². The van der Waals surface area contributed by atoms with Crippen LogP contribution < -0.4 is 0 Å². The Kier molecular flexibility index (Phi) is 6.28. The summed E-state index contributed by atoms with van der Waals surface area (Å²) in [7, 11) is 0. The summed E-state index contributed by atoms with van der Waals surface area (Å²) in [6.45, 7) is 0. The summed E-state index contributed by atoms with van der Waals surface area (Å²) in [4.78, 5) is 10.4. The Balaban J connectivity index is 1.26. The van der Waals surface area contributed by atoms with E-state index in [0.29, 0.717) is 0 Å². The molecule has 2 nitrogen and oxygen atoms in total. The zero-order chi connectivity index (χ0) is 34.2. The standard InChI is InChI=1S/C50H30N2/c1-2-13-33(14-3-1)49-43-28-25-32-23-24-34-16-11-29-51-50(34)46(32)48(43)42-27-26-35(30-44(42)52-49)45-38-18-6-8-20-40(38)47(41-21-9-7-19-39(41)45)37-22-10-15-31-12-4-5-17-36(31)37/h1-30H. The Morgan fingerprint density at radius 2 is 0.962 bits per heavy atom. The average molecular weight is 659 g/mol. The molecule has 2 heterocycles. The molecule has 0 aliphatic heterocycles. The van der Waals surface area contributed by atoms with Crippen LogP contribution >= 0.6 is 0 Å². The fourth-order valence-electron chi connectivity index (χ4n) is 8.59. The maximum absolute atomic E-state index is 5.49. The van der Waals surface area contributed by atoms with Crippen molar-refractivity contribution in [3.05, 3.63) is 182 Å². The zero-order valence-corrected chi connectivity index (χ0v) is 28.2. The van der Waals surface area contributed by atoms with E-state index < -0.39 is 0 Å². The molecule has 0 aliphatic rings. The second-order valence-corrected chi connectivity index (χ2v) is 13.7. The van der Waals surface area contributed by atoms with Gasteiger partial charge in [-0.25, -0.2) is 4.98 Å². The quantitative estimate of drug-likeness (QED) is 0.139. The second kappa shape index (κ2) is 11.3. The van der Waals surface area contributed by atoms with Gasteiger partial charge in [-0.1, -0.05) is 164 Å². The van der Waals surface area contributed by atoms with Gasteiger partial charge in [-0.15, -0.1) is 0 Å². The van der Waals surface area contributed by atoms with Gasteiger partial charge in [0.15, 0.2) is 0 Å². The van der Waals surface area contributed by atoms with Gasteiger partial charge in [0.25, 0.3) is 0 Å². The van der Waals surface area contributed by atoms with Crippen molar-refractivity contribution in [2.24, 2.45) is 0 Å². The fourth-order valence-corrected chi connectivity index (χ4v) is 8.59. The SMILES string of the molecule is c1ccc(-c2nc3cc(-c4c5ccccc5c(-c5cccc6ccccc56)c5ccccc45)ccc3c3c2ccc2ccc4cccnc4c23)cc1. The maximum Gasteiger partial charge on any atom is 0.0788 e. The molecule has 0 fully saturated rings. The molecule has 240 valence electrons. The molecule has 0 spiro atoms. The number of benzene rings is 9.